The molecule has 0 heterocycles. The minimum absolute atomic E-state index is 0.0310. The lowest BCUT2D eigenvalue weighted by atomic mass is 9.87. The van der Waals surface area contributed by atoms with E-state index in [1.165, 1.54) is 0 Å². The average molecular weight is 311 g/mol. The molecule has 21 heavy (non-hydrogen) atoms. The molecule has 2 N–H and O–H groups in total. The van der Waals surface area contributed by atoms with Crippen molar-refractivity contribution in [3.05, 3.63) is 29.8 Å². The number of aliphatic hydroxyl groups excluding tert-OH is 1. The van der Waals surface area contributed by atoms with Crippen LogP contribution < -0.4 is 4.72 Å². The number of aliphatic hydroxyl groups is 1. The largest absolute Gasteiger partial charge is 0.393 e. The number of benzene rings is 1. The lowest BCUT2D eigenvalue weighted by Crippen LogP contribution is -2.36. The molecule has 0 amide bonds. The molecule has 1 aliphatic rings. The van der Waals surface area contributed by atoms with Crippen LogP contribution in [0.2, 0.25) is 0 Å². The molecule has 1 aromatic rings. The molecule has 4 nitrogen and oxygen atoms in total. The summed E-state index contributed by atoms with van der Waals surface area (Å²) in [5.41, 5.74) is 1.12. The topological polar surface area (TPSA) is 66.4 Å². The summed E-state index contributed by atoms with van der Waals surface area (Å²) < 4.78 is 27.2. The van der Waals surface area contributed by atoms with Crippen molar-refractivity contribution in [1.82, 2.24) is 4.72 Å². The molecule has 0 saturated heterocycles. The van der Waals surface area contributed by atoms with Crippen LogP contribution in [0.3, 0.4) is 0 Å². The molecule has 0 spiro atoms. The maximum atomic E-state index is 12.3. The Morgan fingerprint density at radius 3 is 2.38 bits per heavy atom. The van der Waals surface area contributed by atoms with Crippen molar-refractivity contribution >= 4 is 10.0 Å². The van der Waals surface area contributed by atoms with E-state index in [4.69, 9.17) is 0 Å². The van der Waals surface area contributed by atoms with Gasteiger partial charge in [-0.2, -0.15) is 0 Å². The summed E-state index contributed by atoms with van der Waals surface area (Å²) in [6.07, 6.45) is 3.36. The first-order valence-electron chi connectivity index (χ1n) is 7.68. The Morgan fingerprint density at radius 1 is 1.19 bits per heavy atom. The van der Waals surface area contributed by atoms with Crippen LogP contribution in [0, 0.1) is 5.92 Å². The van der Waals surface area contributed by atoms with E-state index in [0.717, 1.165) is 31.2 Å². The van der Waals surface area contributed by atoms with Gasteiger partial charge in [-0.25, -0.2) is 13.1 Å². The molecular weight excluding hydrogens is 286 g/mol. The predicted octanol–water partition coefficient (Wildman–Crippen LogP) is 2.64. The van der Waals surface area contributed by atoms with Crippen molar-refractivity contribution in [2.75, 3.05) is 6.54 Å². The van der Waals surface area contributed by atoms with Crippen molar-refractivity contribution in [3.63, 3.8) is 0 Å². The first-order valence-corrected chi connectivity index (χ1v) is 9.16. The maximum absolute atomic E-state index is 12.3. The normalized spacial score (nSPS) is 23.4. The third kappa shape index (κ3) is 4.28. The van der Waals surface area contributed by atoms with Gasteiger partial charge in [0.25, 0.3) is 0 Å². The highest BCUT2D eigenvalue weighted by atomic mass is 32.2. The van der Waals surface area contributed by atoms with E-state index in [1.807, 2.05) is 12.1 Å². The SMILES string of the molecule is CC(C)c1ccc(S(=O)(=O)NCC2CCCCC2O)cc1. The number of rotatable bonds is 5. The molecule has 0 aliphatic heterocycles. The molecule has 5 heteroatoms. The summed E-state index contributed by atoms with van der Waals surface area (Å²) in [5, 5.41) is 9.90. The summed E-state index contributed by atoms with van der Waals surface area (Å²) in [6, 6.07) is 7.01. The molecule has 1 saturated carbocycles. The highest BCUT2D eigenvalue weighted by Gasteiger charge is 2.25. The van der Waals surface area contributed by atoms with Crippen LogP contribution >= 0.6 is 0 Å². The molecule has 1 fully saturated rings. The zero-order chi connectivity index (χ0) is 15.5. The van der Waals surface area contributed by atoms with Gasteiger partial charge in [0.2, 0.25) is 10.0 Å². The number of hydrogen-bond donors (Lipinski definition) is 2. The van der Waals surface area contributed by atoms with Crippen LogP contribution in [0.25, 0.3) is 0 Å². The van der Waals surface area contributed by atoms with Crippen LogP contribution in [0.5, 0.6) is 0 Å². The van der Waals surface area contributed by atoms with Gasteiger partial charge in [-0.15, -0.1) is 0 Å². The molecular formula is C16H25NO3S. The second-order valence-electron chi connectivity index (χ2n) is 6.19. The molecule has 2 atom stereocenters. The lowest BCUT2D eigenvalue weighted by molar-refractivity contribution is 0.0724. The van der Waals surface area contributed by atoms with Gasteiger partial charge >= 0.3 is 0 Å². The Morgan fingerprint density at radius 2 is 1.81 bits per heavy atom. The molecule has 1 aromatic carbocycles. The van der Waals surface area contributed by atoms with Crippen molar-refractivity contribution in [2.24, 2.45) is 5.92 Å². The van der Waals surface area contributed by atoms with E-state index in [9.17, 15) is 13.5 Å². The zero-order valence-corrected chi connectivity index (χ0v) is 13.6. The van der Waals surface area contributed by atoms with Gasteiger partial charge in [0.05, 0.1) is 11.0 Å². The van der Waals surface area contributed by atoms with Crippen molar-refractivity contribution in [2.45, 2.75) is 56.4 Å². The maximum Gasteiger partial charge on any atom is 0.240 e. The second-order valence-corrected chi connectivity index (χ2v) is 7.95. The van der Waals surface area contributed by atoms with Gasteiger partial charge in [-0.05, 0) is 42.4 Å². The number of nitrogens with one attached hydrogen (secondary N) is 1. The quantitative estimate of drug-likeness (QED) is 0.878. The first-order chi connectivity index (χ1) is 9.90. The Balaban J connectivity index is 2.00. The lowest BCUT2D eigenvalue weighted by Gasteiger charge is -2.27. The fourth-order valence-corrected chi connectivity index (χ4v) is 3.85. The minimum atomic E-state index is -3.49. The van der Waals surface area contributed by atoms with Crippen LogP contribution in [-0.2, 0) is 10.0 Å². The van der Waals surface area contributed by atoms with E-state index < -0.39 is 10.0 Å². The molecule has 1 aliphatic carbocycles. The average Bonchev–Trinajstić information content (AvgIpc) is 2.46. The Bertz CT molecular complexity index is 551. The van der Waals surface area contributed by atoms with E-state index in [-0.39, 0.29) is 16.9 Å². The van der Waals surface area contributed by atoms with E-state index in [2.05, 4.69) is 18.6 Å². The molecule has 118 valence electrons. The van der Waals surface area contributed by atoms with E-state index >= 15 is 0 Å². The highest BCUT2D eigenvalue weighted by Crippen LogP contribution is 2.24. The highest BCUT2D eigenvalue weighted by molar-refractivity contribution is 7.89. The smallest absolute Gasteiger partial charge is 0.240 e. The van der Waals surface area contributed by atoms with Crippen molar-refractivity contribution in [1.29, 1.82) is 0 Å². The molecule has 0 bridgehead atoms. The summed E-state index contributed by atoms with van der Waals surface area (Å²) >= 11 is 0. The van der Waals surface area contributed by atoms with Crippen LogP contribution in [0.15, 0.2) is 29.2 Å². The molecule has 2 unspecified atom stereocenters. The fourth-order valence-electron chi connectivity index (χ4n) is 2.76. The second kappa shape index (κ2) is 6.90. The summed E-state index contributed by atoms with van der Waals surface area (Å²) in [4.78, 5) is 0.289. The van der Waals surface area contributed by atoms with E-state index in [0.29, 0.717) is 12.5 Å². The first kappa shape index (κ1) is 16.5. The van der Waals surface area contributed by atoms with Crippen LogP contribution in [0.1, 0.15) is 51.0 Å². The Labute approximate surface area is 127 Å². The number of sulfonamides is 1. The fraction of sp³-hybridized carbons (Fsp3) is 0.625. The van der Waals surface area contributed by atoms with E-state index in [1.54, 1.807) is 12.1 Å². The zero-order valence-electron chi connectivity index (χ0n) is 12.7. The van der Waals surface area contributed by atoms with Crippen LogP contribution in [-0.4, -0.2) is 26.2 Å². The molecule has 0 radical (unpaired) electrons. The molecule has 0 aromatic heterocycles. The van der Waals surface area contributed by atoms with Gasteiger partial charge < -0.3 is 5.11 Å². The third-order valence-corrected chi connectivity index (χ3v) is 5.70. The van der Waals surface area contributed by atoms with Gasteiger partial charge in [0.15, 0.2) is 0 Å². The Hall–Kier alpha value is -0.910. The van der Waals surface area contributed by atoms with Crippen molar-refractivity contribution in [3.8, 4) is 0 Å². The summed E-state index contributed by atoms with van der Waals surface area (Å²) in [6.45, 7) is 4.47. The van der Waals surface area contributed by atoms with Crippen molar-refractivity contribution < 1.29 is 13.5 Å². The molecule has 2 rings (SSSR count). The monoisotopic (exact) mass is 311 g/mol. The van der Waals surface area contributed by atoms with Gasteiger partial charge in [0.1, 0.15) is 0 Å². The van der Waals surface area contributed by atoms with Gasteiger partial charge in [0, 0.05) is 6.54 Å². The third-order valence-electron chi connectivity index (χ3n) is 4.26. The standard InChI is InChI=1S/C16H25NO3S/c1-12(2)13-7-9-15(10-8-13)21(19,20)17-11-14-5-3-4-6-16(14)18/h7-10,12,14,16-18H,3-6,11H2,1-2H3. The van der Waals surface area contributed by atoms with Gasteiger partial charge in [-0.3, -0.25) is 0 Å². The Kier molecular flexibility index (Phi) is 5.41. The van der Waals surface area contributed by atoms with Crippen LogP contribution in [0.4, 0.5) is 0 Å². The van der Waals surface area contributed by atoms with Gasteiger partial charge in [-0.1, -0.05) is 38.8 Å². The number of hydrogen-bond acceptors (Lipinski definition) is 3. The summed E-state index contributed by atoms with van der Waals surface area (Å²) in [5.74, 6) is 0.413. The minimum Gasteiger partial charge on any atom is -0.393 e. The summed E-state index contributed by atoms with van der Waals surface area (Å²) in [7, 11) is -3.49. The predicted molar refractivity (Wildman–Crippen MR) is 83.7 cm³/mol.